The number of hydrogen-bond donors (Lipinski definition) is 0. The number of hydrogen-bond acceptors (Lipinski definition) is 8. The van der Waals surface area contributed by atoms with Gasteiger partial charge in [0.15, 0.2) is 0 Å². The van der Waals surface area contributed by atoms with Crippen molar-refractivity contribution in [3.8, 4) is 6.01 Å². The Morgan fingerprint density at radius 3 is 2.33 bits per heavy atom. The highest BCUT2D eigenvalue weighted by atomic mass is 16.5. The van der Waals surface area contributed by atoms with Crippen molar-refractivity contribution in [1.82, 2.24) is 19.9 Å². The molecule has 0 N–H and O–H groups in total. The standard InChI is InChI=1S/C19H34N6O2/c1-15-13-24(14-16(2)27-15)12-11-23(3)17-20-18(22-19(21-17)26-4)25-9-7-5-6-8-10-25/h15-16H,5-14H2,1-4H3/t15-,16+. The number of nitrogens with zero attached hydrogens (tertiary/aromatic N) is 6. The molecule has 1 aromatic rings. The molecule has 2 aliphatic heterocycles. The number of rotatable bonds is 6. The molecule has 0 amide bonds. The van der Waals surface area contributed by atoms with Gasteiger partial charge in [-0.2, -0.15) is 15.0 Å². The second-order valence-electron chi connectivity index (χ2n) is 7.76. The highest BCUT2D eigenvalue weighted by Crippen LogP contribution is 2.20. The van der Waals surface area contributed by atoms with Gasteiger partial charge in [0.2, 0.25) is 11.9 Å². The van der Waals surface area contributed by atoms with Crippen LogP contribution in [0, 0.1) is 0 Å². The number of aromatic nitrogens is 3. The van der Waals surface area contributed by atoms with E-state index in [0.717, 1.165) is 45.2 Å². The van der Waals surface area contributed by atoms with Crippen molar-refractivity contribution in [3.05, 3.63) is 0 Å². The second kappa shape index (κ2) is 9.50. The van der Waals surface area contributed by atoms with E-state index in [1.807, 2.05) is 7.05 Å². The predicted molar refractivity (Wildman–Crippen MR) is 107 cm³/mol. The van der Waals surface area contributed by atoms with E-state index < -0.39 is 0 Å². The molecule has 2 aliphatic rings. The summed E-state index contributed by atoms with van der Waals surface area (Å²) in [5.74, 6) is 1.41. The van der Waals surface area contributed by atoms with Gasteiger partial charge in [-0.05, 0) is 26.7 Å². The SMILES string of the molecule is COc1nc(N(C)CCN2C[C@@H](C)O[C@@H](C)C2)nc(N2CCCCCC2)n1. The van der Waals surface area contributed by atoms with Crippen LogP contribution in [0.1, 0.15) is 39.5 Å². The van der Waals surface area contributed by atoms with E-state index in [4.69, 9.17) is 14.5 Å². The molecule has 27 heavy (non-hydrogen) atoms. The lowest BCUT2D eigenvalue weighted by Crippen LogP contribution is -2.47. The molecule has 3 rings (SSSR count). The highest BCUT2D eigenvalue weighted by Gasteiger charge is 2.23. The fraction of sp³-hybridized carbons (Fsp3) is 0.842. The molecule has 2 saturated heterocycles. The first-order valence-corrected chi connectivity index (χ1v) is 10.2. The Hall–Kier alpha value is -1.67. The molecule has 0 radical (unpaired) electrons. The van der Waals surface area contributed by atoms with Crippen LogP contribution in [0.3, 0.4) is 0 Å². The molecule has 2 atom stereocenters. The third-order valence-electron chi connectivity index (χ3n) is 5.25. The topological polar surface area (TPSA) is 66.8 Å². The zero-order valence-electron chi connectivity index (χ0n) is 17.2. The van der Waals surface area contributed by atoms with Gasteiger partial charge < -0.3 is 19.3 Å². The first-order chi connectivity index (χ1) is 13.0. The normalized spacial score (nSPS) is 24.5. The number of anilines is 2. The Bertz CT molecular complexity index is 584. The molecular formula is C19H34N6O2. The Morgan fingerprint density at radius 1 is 1.04 bits per heavy atom. The van der Waals surface area contributed by atoms with Gasteiger partial charge in [-0.25, -0.2) is 0 Å². The first kappa shape index (κ1) is 20.1. The number of methoxy groups -OCH3 is 1. The summed E-state index contributed by atoms with van der Waals surface area (Å²) in [6.45, 7) is 10.0. The molecule has 2 fully saturated rings. The molecule has 1 aromatic heterocycles. The van der Waals surface area contributed by atoms with Crippen LogP contribution in [0.5, 0.6) is 6.01 Å². The smallest absolute Gasteiger partial charge is 0.322 e. The van der Waals surface area contributed by atoms with E-state index in [2.05, 4.69) is 38.5 Å². The van der Waals surface area contributed by atoms with E-state index in [9.17, 15) is 0 Å². The van der Waals surface area contributed by atoms with Crippen LogP contribution in [0.25, 0.3) is 0 Å². The average Bonchev–Trinajstić information content (AvgIpc) is 2.94. The van der Waals surface area contributed by atoms with E-state index in [0.29, 0.717) is 12.0 Å². The van der Waals surface area contributed by atoms with Crippen molar-refractivity contribution < 1.29 is 9.47 Å². The van der Waals surface area contributed by atoms with Gasteiger partial charge in [-0.3, -0.25) is 4.90 Å². The summed E-state index contributed by atoms with van der Waals surface area (Å²) in [5.41, 5.74) is 0. The average molecular weight is 379 g/mol. The van der Waals surface area contributed by atoms with Crippen LogP contribution in [0.4, 0.5) is 11.9 Å². The number of likely N-dealkylation sites (N-methyl/N-ethyl adjacent to an activating group) is 1. The minimum Gasteiger partial charge on any atom is -0.467 e. The van der Waals surface area contributed by atoms with Gasteiger partial charge in [0.25, 0.3) is 0 Å². The van der Waals surface area contributed by atoms with Crippen molar-refractivity contribution in [2.24, 2.45) is 0 Å². The zero-order chi connectivity index (χ0) is 19.2. The van der Waals surface area contributed by atoms with Crippen LogP contribution in [-0.2, 0) is 4.74 Å². The first-order valence-electron chi connectivity index (χ1n) is 10.2. The van der Waals surface area contributed by atoms with Crippen LogP contribution >= 0.6 is 0 Å². The Balaban J connectivity index is 1.66. The van der Waals surface area contributed by atoms with Crippen LogP contribution in [0.2, 0.25) is 0 Å². The number of ether oxygens (including phenoxy) is 2. The summed E-state index contributed by atoms with van der Waals surface area (Å²) < 4.78 is 11.2. The van der Waals surface area contributed by atoms with Crippen LogP contribution < -0.4 is 14.5 Å². The fourth-order valence-corrected chi connectivity index (χ4v) is 3.87. The number of morpholine rings is 1. The molecular weight excluding hydrogens is 344 g/mol. The molecule has 3 heterocycles. The van der Waals surface area contributed by atoms with Crippen molar-refractivity contribution in [2.45, 2.75) is 51.7 Å². The molecule has 8 heteroatoms. The highest BCUT2D eigenvalue weighted by molar-refractivity contribution is 5.40. The molecule has 0 unspecified atom stereocenters. The summed E-state index contributed by atoms with van der Waals surface area (Å²) >= 11 is 0. The molecule has 0 saturated carbocycles. The van der Waals surface area contributed by atoms with Crippen LogP contribution in [-0.4, -0.2) is 85.5 Å². The van der Waals surface area contributed by atoms with Gasteiger partial charge in [0, 0.05) is 46.3 Å². The van der Waals surface area contributed by atoms with Crippen molar-refractivity contribution in [1.29, 1.82) is 0 Å². The van der Waals surface area contributed by atoms with Crippen molar-refractivity contribution in [2.75, 3.05) is 63.2 Å². The van der Waals surface area contributed by atoms with Crippen LogP contribution in [0.15, 0.2) is 0 Å². The monoisotopic (exact) mass is 378 g/mol. The minimum atomic E-state index is 0.283. The van der Waals surface area contributed by atoms with E-state index >= 15 is 0 Å². The summed E-state index contributed by atoms with van der Waals surface area (Å²) in [6, 6.07) is 0.389. The summed E-state index contributed by atoms with van der Waals surface area (Å²) in [7, 11) is 3.65. The van der Waals surface area contributed by atoms with Gasteiger partial charge in [0.1, 0.15) is 0 Å². The third kappa shape index (κ3) is 5.65. The van der Waals surface area contributed by atoms with E-state index in [1.165, 1.54) is 25.7 Å². The third-order valence-corrected chi connectivity index (χ3v) is 5.25. The largest absolute Gasteiger partial charge is 0.467 e. The molecule has 152 valence electrons. The molecule has 0 bridgehead atoms. The Labute approximate surface area is 162 Å². The summed E-state index contributed by atoms with van der Waals surface area (Å²) in [6.07, 6.45) is 5.50. The van der Waals surface area contributed by atoms with Crippen molar-refractivity contribution >= 4 is 11.9 Å². The summed E-state index contributed by atoms with van der Waals surface area (Å²) in [5, 5.41) is 0. The van der Waals surface area contributed by atoms with Gasteiger partial charge in [-0.1, -0.05) is 12.8 Å². The quantitative estimate of drug-likeness (QED) is 0.742. The van der Waals surface area contributed by atoms with Gasteiger partial charge in [0.05, 0.1) is 19.3 Å². The second-order valence-corrected chi connectivity index (χ2v) is 7.76. The lowest BCUT2D eigenvalue weighted by atomic mass is 10.2. The van der Waals surface area contributed by atoms with E-state index in [-0.39, 0.29) is 12.2 Å². The fourth-order valence-electron chi connectivity index (χ4n) is 3.87. The van der Waals surface area contributed by atoms with Gasteiger partial charge >= 0.3 is 6.01 Å². The minimum absolute atomic E-state index is 0.283. The maximum absolute atomic E-state index is 5.82. The maximum atomic E-state index is 5.82. The predicted octanol–water partition coefficient (Wildman–Crippen LogP) is 1.81. The Kier molecular flexibility index (Phi) is 7.07. The zero-order valence-corrected chi connectivity index (χ0v) is 17.2. The van der Waals surface area contributed by atoms with Crippen molar-refractivity contribution in [3.63, 3.8) is 0 Å². The molecule has 0 aromatic carbocycles. The Morgan fingerprint density at radius 2 is 1.70 bits per heavy atom. The lowest BCUT2D eigenvalue weighted by molar-refractivity contribution is -0.0670. The molecule has 0 spiro atoms. The molecule has 8 nitrogen and oxygen atoms in total. The maximum Gasteiger partial charge on any atom is 0.322 e. The van der Waals surface area contributed by atoms with Gasteiger partial charge in [-0.15, -0.1) is 0 Å². The lowest BCUT2D eigenvalue weighted by Gasteiger charge is -2.36. The molecule has 0 aliphatic carbocycles. The summed E-state index contributed by atoms with van der Waals surface area (Å²) in [4.78, 5) is 20.5. The van der Waals surface area contributed by atoms with E-state index in [1.54, 1.807) is 7.11 Å².